The molecule has 15 heavy (non-hydrogen) atoms. The van der Waals surface area contributed by atoms with Crippen molar-refractivity contribution in [2.45, 2.75) is 44.7 Å². The molecule has 82 valence electrons. The number of aromatic nitrogens is 2. The lowest BCUT2D eigenvalue weighted by Gasteiger charge is -2.19. The Morgan fingerprint density at radius 3 is 2.87 bits per heavy atom. The van der Waals surface area contributed by atoms with Crippen LogP contribution in [0.4, 0.5) is 0 Å². The van der Waals surface area contributed by atoms with E-state index in [9.17, 15) is 4.79 Å². The van der Waals surface area contributed by atoms with Gasteiger partial charge in [0, 0.05) is 25.2 Å². The van der Waals surface area contributed by atoms with Crippen LogP contribution in [-0.2, 0) is 13.0 Å². The van der Waals surface area contributed by atoms with E-state index < -0.39 is 0 Å². The smallest absolute Gasteiger partial charge is 0.268 e. The van der Waals surface area contributed by atoms with Gasteiger partial charge < -0.3 is 5.32 Å². The summed E-state index contributed by atoms with van der Waals surface area (Å²) in [7, 11) is 0. The molecule has 0 unspecified atom stereocenters. The van der Waals surface area contributed by atoms with Crippen LogP contribution in [0.2, 0.25) is 0 Å². The Balaban J connectivity index is 2.03. The van der Waals surface area contributed by atoms with E-state index in [0.717, 1.165) is 25.1 Å². The average Bonchev–Trinajstić information content (AvgIpc) is 2.87. The van der Waals surface area contributed by atoms with Crippen LogP contribution < -0.4 is 10.9 Å². The molecule has 0 aromatic carbocycles. The first-order valence-electron chi connectivity index (χ1n) is 5.89. The van der Waals surface area contributed by atoms with Gasteiger partial charge in [0.15, 0.2) is 0 Å². The zero-order valence-corrected chi connectivity index (χ0v) is 8.88. The number of fused-ring (bicyclic) bond motifs is 1. The van der Waals surface area contributed by atoms with E-state index in [1.54, 1.807) is 0 Å². The molecule has 2 N–H and O–H groups in total. The third-order valence-electron chi connectivity index (χ3n) is 3.67. The highest BCUT2D eigenvalue weighted by Crippen LogP contribution is 2.30. The van der Waals surface area contributed by atoms with E-state index in [1.807, 2.05) is 0 Å². The van der Waals surface area contributed by atoms with E-state index in [2.05, 4.69) is 15.1 Å². The topological polar surface area (TPSA) is 49.8 Å². The Morgan fingerprint density at radius 2 is 2.07 bits per heavy atom. The number of aromatic amines is 1. The van der Waals surface area contributed by atoms with Crippen molar-refractivity contribution < 1.29 is 0 Å². The molecule has 0 radical (unpaired) electrons. The molecule has 0 atom stereocenters. The first kappa shape index (κ1) is 9.21. The summed E-state index contributed by atoms with van der Waals surface area (Å²) in [6.07, 6.45) is 6.05. The Bertz CT molecular complexity index is 412. The summed E-state index contributed by atoms with van der Waals surface area (Å²) in [4.78, 5) is 11.7. The standard InChI is InChI=1S/C11H17N3O/c15-11-9-7-12-6-5-10(9)14(13-11)8-3-1-2-4-8/h8,12H,1-7H2,(H,13,15). The molecule has 3 rings (SSSR count). The SMILES string of the molecule is O=c1[nH]n(C2CCCC2)c2c1CNCC2. The fourth-order valence-corrected chi connectivity index (χ4v) is 2.87. The molecule has 2 heterocycles. The van der Waals surface area contributed by atoms with Gasteiger partial charge in [0.25, 0.3) is 5.56 Å². The van der Waals surface area contributed by atoms with Gasteiger partial charge in [-0.15, -0.1) is 0 Å². The van der Waals surface area contributed by atoms with Gasteiger partial charge in [-0.3, -0.25) is 14.6 Å². The fraction of sp³-hybridized carbons (Fsp3) is 0.727. The lowest BCUT2D eigenvalue weighted by molar-refractivity contribution is 0.440. The summed E-state index contributed by atoms with van der Waals surface area (Å²) in [5, 5.41) is 6.27. The number of hydrogen-bond donors (Lipinski definition) is 2. The van der Waals surface area contributed by atoms with Crippen molar-refractivity contribution in [1.29, 1.82) is 0 Å². The second kappa shape index (κ2) is 3.52. The molecule has 1 aliphatic carbocycles. The Kier molecular flexibility index (Phi) is 2.16. The number of rotatable bonds is 1. The molecule has 0 spiro atoms. The summed E-state index contributed by atoms with van der Waals surface area (Å²) in [5.41, 5.74) is 2.34. The Morgan fingerprint density at radius 1 is 1.27 bits per heavy atom. The second-order valence-corrected chi connectivity index (χ2v) is 4.60. The van der Waals surface area contributed by atoms with E-state index in [0.29, 0.717) is 6.04 Å². The molecule has 1 aliphatic heterocycles. The van der Waals surface area contributed by atoms with Crippen LogP contribution in [0.3, 0.4) is 0 Å². The Labute approximate surface area is 88.7 Å². The van der Waals surface area contributed by atoms with Crippen LogP contribution in [-0.4, -0.2) is 16.3 Å². The molecule has 0 amide bonds. The van der Waals surface area contributed by atoms with Crippen LogP contribution in [0.1, 0.15) is 43.0 Å². The summed E-state index contributed by atoms with van der Waals surface area (Å²) >= 11 is 0. The normalized spacial score (nSPS) is 21.9. The molecule has 1 aromatic heterocycles. The molecule has 4 heteroatoms. The van der Waals surface area contributed by atoms with Gasteiger partial charge >= 0.3 is 0 Å². The van der Waals surface area contributed by atoms with Crippen molar-refractivity contribution >= 4 is 0 Å². The molecule has 1 aromatic rings. The maximum atomic E-state index is 11.7. The fourth-order valence-electron chi connectivity index (χ4n) is 2.87. The zero-order chi connectivity index (χ0) is 10.3. The van der Waals surface area contributed by atoms with Crippen LogP contribution in [0.25, 0.3) is 0 Å². The molecule has 0 saturated heterocycles. The predicted molar refractivity (Wildman–Crippen MR) is 58.0 cm³/mol. The molecule has 1 fully saturated rings. The van der Waals surface area contributed by atoms with E-state index in [1.165, 1.54) is 31.4 Å². The number of nitrogens with one attached hydrogen (secondary N) is 2. The molecule has 2 aliphatic rings. The number of H-pyrrole nitrogens is 1. The largest absolute Gasteiger partial charge is 0.312 e. The minimum absolute atomic E-state index is 0.115. The lowest BCUT2D eigenvalue weighted by Crippen LogP contribution is -2.27. The van der Waals surface area contributed by atoms with Gasteiger partial charge in [0.2, 0.25) is 0 Å². The minimum atomic E-state index is 0.115. The summed E-state index contributed by atoms with van der Waals surface area (Å²) < 4.78 is 2.16. The summed E-state index contributed by atoms with van der Waals surface area (Å²) in [6, 6.07) is 0.555. The van der Waals surface area contributed by atoms with Crippen molar-refractivity contribution in [1.82, 2.24) is 15.1 Å². The molecular weight excluding hydrogens is 190 g/mol. The maximum absolute atomic E-state index is 11.7. The first-order valence-corrected chi connectivity index (χ1v) is 5.89. The summed E-state index contributed by atoms with van der Waals surface area (Å²) in [6.45, 7) is 1.74. The maximum Gasteiger partial charge on any atom is 0.268 e. The van der Waals surface area contributed by atoms with E-state index in [-0.39, 0.29) is 5.56 Å². The van der Waals surface area contributed by atoms with Crippen LogP contribution in [0, 0.1) is 0 Å². The highest BCUT2D eigenvalue weighted by molar-refractivity contribution is 5.21. The monoisotopic (exact) mass is 207 g/mol. The van der Waals surface area contributed by atoms with Crippen molar-refractivity contribution in [3.63, 3.8) is 0 Å². The van der Waals surface area contributed by atoms with Crippen LogP contribution in [0.15, 0.2) is 4.79 Å². The second-order valence-electron chi connectivity index (χ2n) is 4.60. The van der Waals surface area contributed by atoms with E-state index in [4.69, 9.17) is 0 Å². The lowest BCUT2D eigenvalue weighted by atomic mass is 10.1. The van der Waals surface area contributed by atoms with Gasteiger partial charge in [0.05, 0.1) is 11.6 Å². The van der Waals surface area contributed by atoms with Crippen LogP contribution in [0.5, 0.6) is 0 Å². The first-order chi connectivity index (χ1) is 7.36. The van der Waals surface area contributed by atoms with Gasteiger partial charge in [-0.25, -0.2) is 0 Å². The third-order valence-corrected chi connectivity index (χ3v) is 3.67. The third kappa shape index (κ3) is 1.44. The minimum Gasteiger partial charge on any atom is -0.312 e. The van der Waals surface area contributed by atoms with Crippen molar-refractivity contribution in [3.8, 4) is 0 Å². The molecule has 4 nitrogen and oxygen atoms in total. The van der Waals surface area contributed by atoms with Crippen LogP contribution >= 0.6 is 0 Å². The molecular formula is C11H17N3O. The van der Waals surface area contributed by atoms with Gasteiger partial charge in [-0.05, 0) is 12.8 Å². The van der Waals surface area contributed by atoms with Crippen molar-refractivity contribution in [2.24, 2.45) is 0 Å². The zero-order valence-electron chi connectivity index (χ0n) is 8.88. The summed E-state index contributed by atoms with van der Waals surface area (Å²) in [5.74, 6) is 0. The van der Waals surface area contributed by atoms with Gasteiger partial charge in [-0.1, -0.05) is 12.8 Å². The average molecular weight is 207 g/mol. The highest BCUT2D eigenvalue weighted by Gasteiger charge is 2.24. The quantitative estimate of drug-likeness (QED) is 0.720. The van der Waals surface area contributed by atoms with Gasteiger partial charge in [-0.2, -0.15) is 0 Å². The number of nitrogens with zero attached hydrogens (tertiary/aromatic N) is 1. The highest BCUT2D eigenvalue weighted by atomic mass is 16.1. The Hall–Kier alpha value is -1.03. The predicted octanol–water partition coefficient (Wildman–Crippen LogP) is 0.937. The molecule has 0 bridgehead atoms. The van der Waals surface area contributed by atoms with Crippen molar-refractivity contribution in [2.75, 3.05) is 6.54 Å². The van der Waals surface area contributed by atoms with E-state index >= 15 is 0 Å². The number of hydrogen-bond acceptors (Lipinski definition) is 2. The molecule has 1 saturated carbocycles. The van der Waals surface area contributed by atoms with Gasteiger partial charge in [0.1, 0.15) is 0 Å². The van der Waals surface area contributed by atoms with Crippen molar-refractivity contribution in [3.05, 3.63) is 21.6 Å².